The van der Waals surface area contributed by atoms with Gasteiger partial charge in [0.2, 0.25) is 5.95 Å². The van der Waals surface area contributed by atoms with Gasteiger partial charge in [0.1, 0.15) is 0 Å². The predicted molar refractivity (Wildman–Crippen MR) is 80.5 cm³/mol. The Morgan fingerprint density at radius 1 is 1.25 bits per heavy atom. The molecular weight excluding hydrogens is 274 g/mol. The highest BCUT2D eigenvalue weighted by molar-refractivity contribution is 7.91. The lowest BCUT2D eigenvalue weighted by Crippen LogP contribution is -2.41. The summed E-state index contributed by atoms with van der Waals surface area (Å²) in [6, 6.07) is 5.86. The zero-order valence-electron chi connectivity index (χ0n) is 11.0. The van der Waals surface area contributed by atoms with Gasteiger partial charge in [-0.15, -0.1) is 0 Å². The van der Waals surface area contributed by atoms with Crippen molar-refractivity contribution in [3.05, 3.63) is 36.5 Å². The molecule has 0 spiro atoms. The molecule has 1 aromatic heterocycles. The normalized spacial score (nSPS) is 18.1. The Morgan fingerprint density at radius 3 is 2.70 bits per heavy atom. The minimum atomic E-state index is -2.88. The second kappa shape index (κ2) is 4.86. The van der Waals surface area contributed by atoms with E-state index in [4.69, 9.17) is 0 Å². The highest BCUT2D eigenvalue weighted by Gasteiger charge is 2.23. The third-order valence-corrected chi connectivity index (χ3v) is 5.06. The maximum Gasteiger partial charge on any atom is 0.225 e. The van der Waals surface area contributed by atoms with Crippen LogP contribution in [0.3, 0.4) is 0 Å². The lowest BCUT2D eigenvalue weighted by molar-refractivity contribution is 0.585. The largest absolute Gasteiger partial charge is 0.339 e. The van der Waals surface area contributed by atoms with E-state index in [1.54, 1.807) is 12.3 Å². The molecule has 0 N–H and O–H groups in total. The molecule has 0 atom stereocenters. The van der Waals surface area contributed by atoms with Crippen molar-refractivity contribution in [2.75, 3.05) is 29.5 Å². The summed E-state index contributed by atoms with van der Waals surface area (Å²) in [7, 11) is -2.88. The van der Waals surface area contributed by atoms with Crippen LogP contribution in [-0.2, 0) is 9.84 Å². The van der Waals surface area contributed by atoms with Crippen molar-refractivity contribution in [2.24, 2.45) is 0 Å². The van der Waals surface area contributed by atoms with Crippen molar-refractivity contribution < 1.29 is 8.42 Å². The van der Waals surface area contributed by atoms with Crippen molar-refractivity contribution in [1.82, 2.24) is 9.97 Å². The van der Waals surface area contributed by atoms with Crippen LogP contribution >= 0.6 is 0 Å². The molecule has 0 radical (unpaired) electrons. The minimum absolute atomic E-state index is 0.170. The number of nitrogens with zero attached hydrogens (tertiary/aromatic N) is 3. The number of anilines is 1. The topological polar surface area (TPSA) is 63.2 Å². The molecule has 6 heteroatoms. The van der Waals surface area contributed by atoms with Gasteiger partial charge in [-0.3, -0.25) is 0 Å². The number of sulfone groups is 1. The smallest absolute Gasteiger partial charge is 0.225 e. The maximum absolute atomic E-state index is 11.4. The second-order valence-corrected chi connectivity index (χ2v) is 7.13. The SMILES string of the molecule is C=Cc1ccc2nc(N3CCS(=O)(=O)CC3)ncc2c1. The molecule has 104 valence electrons. The molecule has 3 rings (SSSR count). The van der Waals surface area contributed by atoms with Crippen LogP contribution < -0.4 is 4.90 Å². The van der Waals surface area contributed by atoms with Crippen LogP contribution in [-0.4, -0.2) is 43.0 Å². The highest BCUT2D eigenvalue weighted by Crippen LogP contribution is 2.18. The summed E-state index contributed by atoms with van der Waals surface area (Å²) < 4.78 is 22.9. The fraction of sp³-hybridized carbons (Fsp3) is 0.286. The van der Waals surface area contributed by atoms with E-state index < -0.39 is 9.84 Å². The molecule has 0 amide bonds. The molecule has 2 heterocycles. The van der Waals surface area contributed by atoms with Crippen LogP contribution in [0.5, 0.6) is 0 Å². The van der Waals surface area contributed by atoms with Gasteiger partial charge in [-0.25, -0.2) is 18.4 Å². The average Bonchev–Trinajstić information content (AvgIpc) is 2.46. The fourth-order valence-electron chi connectivity index (χ4n) is 2.23. The van der Waals surface area contributed by atoms with E-state index in [0.717, 1.165) is 16.5 Å². The molecule has 2 aromatic rings. The van der Waals surface area contributed by atoms with Crippen LogP contribution in [0.4, 0.5) is 5.95 Å². The average molecular weight is 289 g/mol. The van der Waals surface area contributed by atoms with Gasteiger partial charge < -0.3 is 4.90 Å². The molecule has 1 fully saturated rings. The number of rotatable bonds is 2. The fourth-order valence-corrected chi connectivity index (χ4v) is 3.44. The van der Waals surface area contributed by atoms with E-state index in [1.165, 1.54) is 0 Å². The Balaban J connectivity index is 1.92. The van der Waals surface area contributed by atoms with E-state index in [-0.39, 0.29) is 11.5 Å². The van der Waals surface area contributed by atoms with Gasteiger partial charge in [0, 0.05) is 24.7 Å². The Morgan fingerprint density at radius 2 is 2.00 bits per heavy atom. The number of hydrogen-bond donors (Lipinski definition) is 0. The lowest BCUT2D eigenvalue weighted by atomic mass is 10.1. The Bertz CT molecular complexity index is 757. The van der Waals surface area contributed by atoms with Crippen LogP contribution in [0.25, 0.3) is 17.0 Å². The second-order valence-electron chi connectivity index (χ2n) is 4.83. The molecule has 20 heavy (non-hydrogen) atoms. The lowest BCUT2D eigenvalue weighted by Gasteiger charge is -2.26. The summed E-state index contributed by atoms with van der Waals surface area (Å²) in [4.78, 5) is 10.8. The van der Waals surface area contributed by atoms with Gasteiger partial charge >= 0.3 is 0 Å². The van der Waals surface area contributed by atoms with Gasteiger partial charge in [-0.05, 0) is 17.7 Å². The van der Waals surface area contributed by atoms with Gasteiger partial charge in [-0.2, -0.15) is 0 Å². The zero-order valence-corrected chi connectivity index (χ0v) is 11.8. The molecule has 0 bridgehead atoms. The third-order valence-electron chi connectivity index (χ3n) is 3.45. The van der Waals surface area contributed by atoms with Crippen molar-refractivity contribution in [3.8, 4) is 0 Å². The zero-order chi connectivity index (χ0) is 14.2. The van der Waals surface area contributed by atoms with Gasteiger partial charge in [0.15, 0.2) is 9.84 Å². The van der Waals surface area contributed by atoms with Gasteiger partial charge in [-0.1, -0.05) is 18.7 Å². The minimum Gasteiger partial charge on any atom is -0.339 e. The highest BCUT2D eigenvalue weighted by atomic mass is 32.2. The molecule has 1 aromatic carbocycles. The molecule has 1 aliphatic heterocycles. The van der Waals surface area contributed by atoms with Crippen molar-refractivity contribution in [2.45, 2.75) is 0 Å². The summed E-state index contributed by atoms with van der Waals surface area (Å²) in [5.74, 6) is 0.937. The van der Waals surface area contributed by atoms with E-state index in [0.29, 0.717) is 19.0 Å². The van der Waals surface area contributed by atoms with E-state index in [2.05, 4.69) is 16.5 Å². The van der Waals surface area contributed by atoms with Crippen LogP contribution in [0.2, 0.25) is 0 Å². The number of hydrogen-bond acceptors (Lipinski definition) is 5. The monoisotopic (exact) mass is 289 g/mol. The molecule has 1 saturated heterocycles. The van der Waals surface area contributed by atoms with Crippen LogP contribution in [0.1, 0.15) is 5.56 Å². The standard InChI is InChI=1S/C14H15N3O2S/c1-2-11-3-4-13-12(9-11)10-15-14(16-13)17-5-7-20(18,19)8-6-17/h2-4,9-10H,1,5-8H2. The summed E-state index contributed by atoms with van der Waals surface area (Å²) in [6.07, 6.45) is 3.55. The van der Waals surface area contributed by atoms with E-state index in [1.807, 2.05) is 23.1 Å². The first-order chi connectivity index (χ1) is 9.57. The number of benzene rings is 1. The van der Waals surface area contributed by atoms with Crippen molar-refractivity contribution >= 4 is 32.8 Å². The molecular formula is C14H15N3O2S. The molecule has 1 aliphatic rings. The summed E-state index contributed by atoms with van der Waals surface area (Å²) in [5.41, 5.74) is 1.88. The van der Waals surface area contributed by atoms with Crippen LogP contribution in [0, 0.1) is 0 Å². The van der Waals surface area contributed by atoms with Gasteiger partial charge in [0.05, 0.1) is 17.0 Å². The summed E-state index contributed by atoms with van der Waals surface area (Å²) in [5, 5.41) is 0.954. The quantitative estimate of drug-likeness (QED) is 0.838. The van der Waals surface area contributed by atoms with Crippen LogP contribution in [0.15, 0.2) is 31.0 Å². The summed E-state index contributed by atoms with van der Waals surface area (Å²) in [6.45, 7) is 4.65. The first kappa shape index (κ1) is 13.1. The number of fused-ring (bicyclic) bond motifs is 1. The summed E-state index contributed by atoms with van der Waals surface area (Å²) >= 11 is 0. The van der Waals surface area contributed by atoms with Crippen molar-refractivity contribution in [3.63, 3.8) is 0 Å². The molecule has 0 aliphatic carbocycles. The molecule has 5 nitrogen and oxygen atoms in total. The maximum atomic E-state index is 11.4. The Kier molecular flexibility index (Phi) is 3.17. The van der Waals surface area contributed by atoms with Crippen molar-refractivity contribution in [1.29, 1.82) is 0 Å². The van der Waals surface area contributed by atoms with E-state index >= 15 is 0 Å². The molecule has 0 saturated carbocycles. The van der Waals surface area contributed by atoms with E-state index in [9.17, 15) is 8.42 Å². The molecule has 0 unspecified atom stereocenters. The Labute approximate surface area is 117 Å². The first-order valence-electron chi connectivity index (χ1n) is 6.42. The third kappa shape index (κ3) is 2.51. The Hall–Kier alpha value is -1.95. The predicted octanol–water partition coefficient (Wildman–Crippen LogP) is 1.51. The van der Waals surface area contributed by atoms with Gasteiger partial charge in [0.25, 0.3) is 0 Å². The first-order valence-corrected chi connectivity index (χ1v) is 8.24. The number of aromatic nitrogens is 2.